The van der Waals surface area contributed by atoms with Gasteiger partial charge in [-0.2, -0.15) is 0 Å². The van der Waals surface area contributed by atoms with Crippen LogP contribution in [0.3, 0.4) is 0 Å². The molecule has 2 unspecified atom stereocenters. The maximum Gasteiger partial charge on any atom is 0.245 e. The van der Waals surface area contributed by atoms with Crippen LogP contribution in [0.15, 0.2) is 30.3 Å². The lowest BCUT2D eigenvalue weighted by Crippen LogP contribution is -2.50. The molecule has 2 heterocycles. The lowest BCUT2D eigenvalue weighted by molar-refractivity contribution is -0.142. The van der Waals surface area contributed by atoms with Crippen LogP contribution < -0.4 is 5.32 Å². The molecule has 1 N–H and O–H groups in total. The fourth-order valence-corrected chi connectivity index (χ4v) is 3.99. The van der Waals surface area contributed by atoms with Gasteiger partial charge >= 0.3 is 0 Å². The highest BCUT2D eigenvalue weighted by molar-refractivity contribution is 5.91. The van der Waals surface area contributed by atoms with Gasteiger partial charge in [-0.05, 0) is 58.2 Å². The van der Waals surface area contributed by atoms with Gasteiger partial charge in [0.2, 0.25) is 11.8 Å². The molecule has 0 saturated carbocycles. The van der Waals surface area contributed by atoms with Crippen LogP contribution in [0.25, 0.3) is 0 Å². The van der Waals surface area contributed by atoms with E-state index in [0.29, 0.717) is 6.54 Å². The molecule has 2 saturated heterocycles. The molecule has 1 aromatic rings. The third-order valence-electron chi connectivity index (χ3n) is 5.12. The average Bonchev–Trinajstić information content (AvgIpc) is 3.27. The minimum Gasteiger partial charge on any atom is -0.352 e. The van der Waals surface area contributed by atoms with Gasteiger partial charge in [0.15, 0.2) is 0 Å². The predicted octanol–water partition coefficient (Wildman–Crippen LogP) is 2.34. The zero-order chi connectivity index (χ0) is 17.8. The normalized spacial score (nSPS) is 22.4. The van der Waals surface area contributed by atoms with Crippen molar-refractivity contribution in [3.8, 4) is 0 Å². The van der Waals surface area contributed by atoms with Crippen LogP contribution in [-0.2, 0) is 9.59 Å². The Morgan fingerprint density at radius 3 is 2.36 bits per heavy atom. The van der Waals surface area contributed by atoms with Crippen molar-refractivity contribution >= 4 is 11.8 Å². The van der Waals surface area contributed by atoms with Crippen LogP contribution >= 0.6 is 0 Å². The number of carbonyl (C=O) groups excluding carboxylic acids is 2. The SMILES string of the molecule is CC(C)NC(=O)C1CCCN1C(=O)C(c1ccccc1)N1CCCC1. The Labute approximate surface area is 150 Å². The van der Waals surface area contributed by atoms with Crippen LogP contribution in [0.4, 0.5) is 0 Å². The quantitative estimate of drug-likeness (QED) is 0.893. The van der Waals surface area contributed by atoms with Gasteiger partial charge in [0, 0.05) is 12.6 Å². The van der Waals surface area contributed by atoms with E-state index in [1.165, 1.54) is 0 Å². The van der Waals surface area contributed by atoms with Gasteiger partial charge in [0.05, 0.1) is 0 Å². The van der Waals surface area contributed by atoms with Crippen molar-refractivity contribution in [3.05, 3.63) is 35.9 Å². The summed E-state index contributed by atoms with van der Waals surface area (Å²) in [7, 11) is 0. The summed E-state index contributed by atoms with van der Waals surface area (Å²) in [5.74, 6) is 0.0589. The summed E-state index contributed by atoms with van der Waals surface area (Å²) in [6, 6.07) is 9.50. The van der Waals surface area contributed by atoms with Gasteiger partial charge in [-0.25, -0.2) is 0 Å². The van der Waals surface area contributed by atoms with E-state index >= 15 is 0 Å². The molecule has 0 aliphatic carbocycles. The molecule has 2 aliphatic rings. The van der Waals surface area contributed by atoms with Crippen LogP contribution in [0, 0.1) is 0 Å². The topological polar surface area (TPSA) is 52.7 Å². The van der Waals surface area contributed by atoms with E-state index in [4.69, 9.17) is 0 Å². The zero-order valence-corrected chi connectivity index (χ0v) is 15.3. The first-order valence-electron chi connectivity index (χ1n) is 9.48. The first-order valence-corrected chi connectivity index (χ1v) is 9.48. The summed E-state index contributed by atoms with van der Waals surface area (Å²) in [5.41, 5.74) is 1.03. The lowest BCUT2D eigenvalue weighted by Gasteiger charge is -2.33. The molecule has 0 spiro atoms. The van der Waals surface area contributed by atoms with Gasteiger partial charge in [-0.3, -0.25) is 14.5 Å². The monoisotopic (exact) mass is 343 g/mol. The van der Waals surface area contributed by atoms with Crippen molar-refractivity contribution in [1.82, 2.24) is 15.1 Å². The first-order chi connectivity index (χ1) is 12.1. The molecule has 0 radical (unpaired) electrons. The molecule has 3 rings (SSSR count). The Kier molecular flexibility index (Phi) is 5.74. The Hall–Kier alpha value is -1.88. The van der Waals surface area contributed by atoms with E-state index in [1.54, 1.807) is 0 Å². The predicted molar refractivity (Wildman–Crippen MR) is 98.0 cm³/mol. The summed E-state index contributed by atoms with van der Waals surface area (Å²) in [4.78, 5) is 30.1. The van der Waals surface area contributed by atoms with Gasteiger partial charge in [-0.15, -0.1) is 0 Å². The van der Waals surface area contributed by atoms with E-state index in [1.807, 2.05) is 49.1 Å². The highest BCUT2D eigenvalue weighted by Crippen LogP contribution is 2.30. The fourth-order valence-electron chi connectivity index (χ4n) is 3.99. The van der Waals surface area contributed by atoms with Crippen LogP contribution in [0.1, 0.15) is 51.1 Å². The van der Waals surface area contributed by atoms with E-state index in [-0.39, 0.29) is 29.9 Å². The third kappa shape index (κ3) is 4.03. The number of hydrogen-bond acceptors (Lipinski definition) is 3. The number of benzene rings is 1. The average molecular weight is 343 g/mol. The molecule has 5 nitrogen and oxygen atoms in total. The Balaban J connectivity index is 1.82. The molecule has 1 aromatic carbocycles. The van der Waals surface area contributed by atoms with Crippen LogP contribution in [-0.4, -0.2) is 53.3 Å². The van der Waals surface area contributed by atoms with Crippen molar-refractivity contribution in [2.75, 3.05) is 19.6 Å². The summed E-state index contributed by atoms with van der Waals surface area (Å²) >= 11 is 0. The highest BCUT2D eigenvalue weighted by Gasteiger charge is 2.40. The minimum absolute atomic E-state index is 0.0194. The Morgan fingerprint density at radius 2 is 1.72 bits per heavy atom. The summed E-state index contributed by atoms with van der Waals surface area (Å²) < 4.78 is 0. The third-order valence-corrected chi connectivity index (χ3v) is 5.12. The molecule has 0 bridgehead atoms. The number of amides is 2. The second-order valence-electron chi connectivity index (χ2n) is 7.41. The Bertz CT molecular complexity index is 596. The molecule has 2 atom stereocenters. The van der Waals surface area contributed by atoms with E-state index in [2.05, 4.69) is 10.2 Å². The zero-order valence-electron chi connectivity index (χ0n) is 15.3. The number of nitrogens with one attached hydrogen (secondary N) is 1. The number of nitrogens with zero attached hydrogens (tertiary/aromatic N) is 2. The second-order valence-corrected chi connectivity index (χ2v) is 7.41. The minimum atomic E-state index is -0.330. The number of hydrogen-bond donors (Lipinski definition) is 1. The summed E-state index contributed by atoms with van der Waals surface area (Å²) in [6.45, 7) is 6.47. The summed E-state index contributed by atoms with van der Waals surface area (Å²) in [5, 5.41) is 2.97. The number of carbonyl (C=O) groups is 2. The largest absolute Gasteiger partial charge is 0.352 e. The molecule has 2 aliphatic heterocycles. The molecule has 2 fully saturated rings. The molecule has 0 aromatic heterocycles. The molecule has 136 valence electrons. The van der Waals surface area contributed by atoms with Crippen molar-refractivity contribution in [2.45, 2.75) is 57.7 Å². The molecule has 2 amide bonds. The summed E-state index contributed by atoms with van der Waals surface area (Å²) in [6.07, 6.45) is 3.91. The van der Waals surface area contributed by atoms with E-state index in [9.17, 15) is 9.59 Å². The fraction of sp³-hybridized carbons (Fsp3) is 0.600. The van der Waals surface area contributed by atoms with E-state index in [0.717, 1.165) is 44.3 Å². The molecular formula is C20H29N3O2. The van der Waals surface area contributed by atoms with Gasteiger partial charge in [0.1, 0.15) is 12.1 Å². The second kappa shape index (κ2) is 8.00. The van der Waals surface area contributed by atoms with E-state index < -0.39 is 0 Å². The molecule has 5 heteroatoms. The Morgan fingerprint density at radius 1 is 1.04 bits per heavy atom. The van der Waals surface area contributed by atoms with Crippen molar-refractivity contribution in [2.24, 2.45) is 0 Å². The van der Waals surface area contributed by atoms with Crippen LogP contribution in [0.2, 0.25) is 0 Å². The van der Waals surface area contributed by atoms with Crippen molar-refractivity contribution in [1.29, 1.82) is 0 Å². The molecular weight excluding hydrogens is 314 g/mol. The maximum absolute atomic E-state index is 13.4. The standard InChI is InChI=1S/C20H29N3O2/c1-15(2)21-19(24)17-11-8-14-23(17)20(25)18(22-12-6-7-13-22)16-9-4-3-5-10-16/h3-5,9-10,15,17-18H,6-8,11-14H2,1-2H3,(H,21,24). The highest BCUT2D eigenvalue weighted by atomic mass is 16.2. The maximum atomic E-state index is 13.4. The van der Waals surface area contributed by atoms with Crippen molar-refractivity contribution in [3.63, 3.8) is 0 Å². The number of rotatable bonds is 5. The van der Waals surface area contributed by atoms with Crippen LogP contribution in [0.5, 0.6) is 0 Å². The van der Waals surface area contributed by atoms with Gasteiger partial charge in [0.25, 0.3) is 0 Å². The number of likely N-dealkylation sites (tertiary alicyclic amines) is 2. The lowest BCUT2D eigenvalue weighted by atomic mass is 10.0. The molecule has 25 heavy (non-hydrogen) atoms. The van der Waals surface area contributed by atoms with Crippen molar-refractivity contribution < 1.29 is 9.59 Å². The van der Waals surface area contributed by atoms with Gasteiger partial charge in [-0.1, -0.05) is 30.3 Å². The smallest absolute Gasteiger partial charge is 0.245 e. The first kappa shape index (κ1) is 17.9. The van der Waals surface area contributed by atoms with Gasteiger partial charge < -0.3 is 10.2 Å².